The van der Waals surface area contributed by atoms with Crippen LogP contribution < -0.4 is 10.6 Å². The highest BCUT2D eigenvalue weighted by Gasteiger charge is 2.08. The molecule has 0 atom stereocenters. The lowest BCUT2D eigenvalue weighted by Crippen LogP contribution is -2.38. The van der Waals surface area contributed by atoms with E-state index in [1.807, 2.05) is 12.1 Å². The summed E-state index contributed by atoms with van der Waals surface area (Å²) < 4.78 is 5.43. The van der Waals surface area contributed by atoms with Crippen molar-refractivity contribution in [1.82, 2.24) is 15.5 Å². The van der Waals surface area contributed by atoms with Gasteiger partial charge in [0.1, 0.15) is 5.76 Å². The molecule has 0 saturated carbocycles. The Hall–Kier alpha value is -1.54. The fourth-order valence-electron chi connectivity index (χ4n) is 2.60. The number of aliphatic imine (C=N–C) groups is 1. The van der Waals surface area contributed by atoms with E-state index in [0.29, 0.717) is 5.92 Å². The van der Waals surface area contributed by atoms with E-state index in [1.54, 1.807) is 13.3 Å². The summed E-state index contributed by atoms with van der Waals surface area (Å²) in [6.45, 7) is 7.70. The summed E-state index contributed by atoms with van der Waals surface area (Å²) in [5, 5.41) is 6.75. The zero-order chi connectivity index (χ0) is 18.1. The average molecular weight is 470 g/mol. The van der Waals surface area contributed by atoms with Crippen LogP contribution in [0.2, 0.25) is 0 Å². The molecular weight excluding hydrogens is 439 g/mol. The number of rotatable bonds is 8. The van der Waals surface area contributed by atoms with Crippen LogP contribution in [-0.4, -0.2) is 31.5 Å². The number of nitrogens with one attached hydrogen (secondary N) is 2. The van der Waals surface area contributed by atoms with Crippen molar-refractivity contribution >= 4 is 29.9 Å². The van der Waals surface area contributed by atoms with Crippen molar-refractivity contribution in [2.75, 3.05) is 20.6 Å². The molecule has 0 unspecified atom stereocenters. The van der Waals surface area contributed by atoms with Crippen molar-refractivity contribution in [1.29, 1.82) is 0 Å². The molecule has 1 aromatic heterocycles. The van der Waals surface area contributed by atoms with Crippen molar-refractivity contribution in [2.45, 2.75) is 33.5 Å². The lowest BCUT2D eigenvalue weighted by Gasteiger charge is -2.19. The SMILES string of the molecule is CN=C(NCc1ccccc1CN(C)Cc1ccco1)NCC(C)C.I. The van der Waals surface area contributed by atoms with Crippen LogP contribution in [0.25, 0.3) is 0 Å². The van der Waals surface area contributed by atoms with Gasteiger partial charge in [-0.2, -0.15) is 0 Å². The summed E-state index contributed by atoms with van der Waals surface area (Å²) in [6, 6.07) is 12.5. The minimum atomic E-state index is 0. The molecule has 0 amide bonds. The third-order valence-electron chi connectivity index (χ3n) is 3.91. The largest absolute Gasteiger partial charge is 0.468 e. The number of hydrogen-bond acceptors (Lipinski definition) is 3. The van der Waals surface area contributed by atoms with Gasteiger partial charge in [-0.25, -0.2) is 0 Å². The molecule has 0 aliphatic heterocycles. The first kappa shape index (κ1) is 22.5. The standard InChI is InChI=1S/C20H30N4O.HI/c1-16(2)12-22-20(21-3)23-13-17-8-5-6-9-18(17)14-24(4)15-19-10-7-11-25-19;/h5-11,16H,12-15H2,1-4H3,(H2,21,22,23);1H. The zero-order valence-electron chi connectivity index (χ0n) is 16.2. The Morgan fingerprint density at radius 1 is 1.08 bits per heavy atom. The molecule has 0 saturated heterocycles. The molecule has 1 aromatic carbocycles. The fourth-order valence-corrected chi connectivity index (χ4v) is 2.60. The van der Waals surface area contributed by atoms with E-state index in [4.69, 9.17) is 4.42 Å². The second-order valence-corrected chi connectivity index (χ2v) is 6.72. The van der Waals surface area contributed by atoms with Crippen LogP contribution in [0.15, 0.2) is 52.1 Å². The number of halogens is 1. The Balaban J connectivity index is 0.00000338. The van der Waals surface area contributed by atoms with E-state index in [2.05, 4.69) is 65.7 Å². The molecule has 0 aliphatic carbocycles. The number of guanidine groups is 1. The molecule has 0 bridgehead atoms. The van der Waals surface area contributed by atoms with E-state index in [0.717, 1.165) is 37.9 Å². The number of hydrogen-bond donors (Lipinski definition) is 2. The summed E-state index contributed by atoms with van der Waals surface area (Å²) in [4.78, 5) is 6.54. The molecule has 1 heterocycles. The summed E-state index contributed by atoms with van der Waals surface area (Å²) in [7, 11) is 3.91. The van der Waals surface area contributed by atoms with Gasteiger partial charge < -0.3 is 15.1 Å². The van der Waals surface area contributed by atoms with Gasteiger partial charge in [0, 0.05) is 26.7 Å². The van der Waals surface area contributed by atoms with Crippen molar-refractivity contribution in [3.63, 3.8) is 0 Å². The van der Waals surface area contributed by atoms with Gasteiger partial charge in [-0.15, -0.1) is 24.0 Å². The number of benzene rings is 1. The topological polar surface area (TPSA) is 52.8 Å². The maximum Gasteiger partial charge on any atom is 0.191 e. The summed E-state index contributed by atoms with van der Waals surface area (Å²) in [6.07, 6.45) is 1.72. The minimum Gasteiger partial charge on any atom is -0.468 e. The van der Waals surface area contributed by atoms with Crippen molar-refractivity contribution in [3.05, 3.63) is 59.5 Å². The molecule has 0 aliphatic rings. The Kier molecular flexibility index (Phi) is 10.3. The highest BCUT2D eigenvalue weighted by molar-refractivity contribution is 14.0. The zero-order valence-corrected chi connectivity index (χ0v) is 18.5. The molecule has 144 valence electrons. The van der Waals surface area contributed by atoms with Gasteiger partial charge in [-0.05, 0) is 36.2 Å². The first-order valence-electron chi connectivity index (χ1n) is 8.80. The lowest BCUT2D eigenvalue weighted by atomic mass is 10.1. The molecule has 2 aromatic rings. The van der Waals surface area contributed by atoms with Gasteiger partial charge in [0.15, 0.2) is 5.96 Å². The number of furan rings is 1. The molecule has 2 N–H and O–H groups in total. The molecule has 0 fully saturated rings. The monoisotopic (exact) mass is 470 g/mol. The predicted octanol–water partition coefficient (Wildman–Crippen LogP) is 3.85. The third kappa shape index (κ3) is 7.78. The maximum atomic E-state index is 5.43. The van der Waals surface area contributed by atoms with E-state index < -0.39 is 0 Å². The second kappa shape index (κ2) is 12.0. The average Bonchev–Trinajstić information content (AvgIpc) is 3.09. The fraction of sp³-hybridized carbons (Fsp3) is 0.450. The quantitative estimate of drug-likeness (QED) is 0.350. The number of nitrogens with zero attached hydrogens (tertiary/aromatic N) is 2. The first-order chi connectivity index (χ1) is 12.1. The Morgan fingerprint density at radius 2 is 1.81 bits per heavy atom. The molecule has 0 radical (unpaired) electrons. The van der Waals surface area contributed by atoms with Gasteiger partial charge in [0.2, 0.25) is 0 Å². The summed E-state index contributed by atoms with van der Waals surface area (Å²) in [5.41, 5.74) is 2.59. The van der Waals surface area contributed by atoms with Crippen molar-refractivity contribution in [3.8, 4) is 0 Å². The Morgan fingerprint density at radius 3 is 2.42 bits per heavy atom. The van der Waals surface area contributed by atoms with E-state index in [9.17, 15) is 0 Å². The minimum absolute atomic E-state index is 0. The van der Waals surface area contributed by atoms with Crippen LogP contribution >= 0.6 is 24.0 Å². The van der Waals surface area contributed by atoms with Crippen molar-refractivity contribution < 1.29 is 4.42 Å². The van der Waals surface area contributed by atoms with Gasteiger partial charge in [-0.3, -0.25) is 9.89 Å². The maximum absolute atomic E-state index is 5.43. The van der Waals surface area contributed by atoms with Crippen LogP contribution in [0.4, 0.5) is 0 Å². The van der Waals surface area contributed by atoms with Crippen LogP contribution in [-0.2, 0) is 19.6 Å². The molecule has 2 rings (SSSR count). The molecule has 6 heteroatoms. The van der Waals surface area contributed by atoms with Crippen LogP contribution in [0.1, 0.15) is 30.7 Å². The second-order valence-electron chi connectivity index (χ2n) is 6.72. The predicted molar refractivity (Wildman–Crippen MR) is 119 cm³/mol. The van der Waals surface area contributed by atoms with E-state index in [1.165, 1.54) is 11.1 Å². The van der Waals surface area contributed by atoms with Gasteiger partial charge in [-0.1, -0.05) is 38.1 Å². The highest BCUT2D eigenvalue weighted by Crippen LogP contribution is 2.13. The smallest absolute Gasteiger partial charge is 0.191 e. The van der Waals surface area contributed by atoms with Gasteiger partial charge >= 0.3 is 0 Å². The van der Waals surface area contributed by atoms with Gasteiger partial charge in [0.05, 0.1) is 12.8 Å². The van der Waals surface area contributed by atoms with Crippen LogP contribution in [0, 0.1) is 5.92 Å². The molecule has 26 heavy (non-hydrogen) atoms. The van der Waals surface area contributed by atoms with E-state index >= 15 is 0 Å². The Bertz CT molecular complexity index is 656. The van der Waals surface area contributed by atoms with Gasteiger partial charge in [0.25, 0.3) is 0 Å². The molecule has 0 spiro atoms. The molecule has 5 nitrogen and oxygen atoms in total. The van der Waals surface area contributed by atoms with Crippen molar-refractivity contribution in [2.24, 2.45) is 10.9 Å². The summed E-state index contributed by atoms with van der Waals surface area (Å²) in [5.74, 6) is 2.41. The highest BCUT2D eigenvalue weighted by atomic mass is 127. The summed E-state index contributed by atoms with van der Waals surface area (Å²) >= 11 is 0. The first-order valence-corrected chi connectivity index (χ1v) is 8.80. The normalized spacial score (nSPS) is 11.5. The van der Waals surface area contributed by atoms with Crippen LogP contribution in [0.5, 0.6) is 0 Å². The van der Waals surface area contributed by atoms with Crippen LogP contribution in [0.3, 0.4) is 0 Å². The lowest BCUT2D eigenvalue weighted by molar-refractivity contribution is 0.287. The molecular formula is C20H31IN4O. The third-order valence-corrected chi connectivity index (χ3v) is 3.91. The Labute approximate surface area is 174 Å². The van der Waals surface area contributed by atoms with E-state index in [-0.39, 0.29) is 24.0 Å².